The molecule has 92 valence electrons. The first-order chi connectivity index (χ1) is 7.78. The maximum absolute atomic E-state index is 11.8. The first-order valence-corrected chi connectivity index (χ1v) is 6.57. The zero-order valence-electron chi connectivity index (χ0n) is 10.3. The number of esters is 1. The van der Waals surface area contributed by atoms with Gasteiger partial charge in [0.15, 0.2) is 0 Å². The summed E-state index contributed by atoms with van der Waals surface area (Å²) in [7, 11) is 1.51. The van der Waals surface area contributed by atoms with Crippen LogP contribution in [0.15, 0.2) is 0 Å². The average molecular weight is 225 g/mol. The van der Waals surface area contributed by atoms with Crippen molar-refractivity contribution in [2.24, 2.45) is 11.3 Å². The third-order valence-electron chi connectivity index (χ3n) is 4.40. The molecule has 1 heterocycles. The van der Waals surface area contributed by atoms with E-state index in [-0.39, 0.29) is 17.3 Å². The number of carbonyl (C=O) groups is 1. The molecule has 0 aromatic carbocycles. The third-order valence-corrected chi connectivity index (χ3v) is 4.40. The van der Waals surface area contributed by atoms with E-state index in [2.05, 4.69) is 5.32 Å². The van der Waals surface area contributed by atoms with Crippen molar-refractivity contribution in [1.82, 2.24) is 5.32 Å². The molecular formula is C13H23NO2. The third kappa shape index (κ3) is 2.24. The zero-order chi connectivity index (χ0) is 11.4. The van der Waals surface area contributed by atoms with E-state index in [9.17, 15) is 4.79 Å². The van der Waals surface area contributed by atoms with E-state index in [1.54, 1.807) is 0 Å². The fourth-order valence-corrected chi connectivity index (χ4v) is 3.42. The van der Waals surface area contributed by atoms with Gasteiger partial charge in [-0.3, -0.25) is 4.79 Å². The van der Waals surface area contributed by atoms with Gasteiger partial charge >= 0.3 is 5.97 Å². The summed E-state index contributed by atoms with van der Waals surface area (Å²) >= 11 is 0. The summed E-state index contributed by atoms with van der Waals surface area (Å²) in [6.45, 7) is 1.82. The Morgan fingerprint density at radius 3 is 2.44 bits per heavy atom. The Morgan fingerprint density at radius 1 is 1.19 bits per heavy atom. The van der Waals surface area contributed by atoms with Crippen molar-refractivity contribution in [3.8, 4) is 0 Å². The minimum absolute atomic E-state index is 0.00873. The van der Waals surface area contributed by atoms with E-state index in [0.717, 1.165) is 13.1 Å². The molecule has 1 aliphatic carbocycles. The van der Waals surface area contributed by atoms with Gasteiger partial charge in [0, 0.05) is 13.1 Å². The van der Waals surface area contributed by atoms with Crippen molar-refractivity contribution < 1.29 is 9.53 Å². The second-order valence-electron chi connectivity index (χ2n) is 5.34. The summed E-state index contributed by atoms with van der Waals surface area (Å²) in [5.41, 5.74) is 0.202. The van der Waals surface area contributed by atoms with E-state index < -0.39 is 0 Å². The van der Waals surface area contributed by atoms with Crippen LogP contribution in [0.5, 0.6) is 0 Å². The molecule has 0 aromatic rings. The fourth-order valence-electron chi connectivity index (χ4n) is 3.42. The van der Waals surface area contributed by atoms with Crippen LogP contribution < -0.4 is 5.32 Å². The highest BCUT2D eigenvalue weighted by atomic mass is 16.5. The molecule has 1 saturated heterocycles. The van der Waals surface area contributed by atoms with Crippen LogP contribution in [0.4, 0.5) is 0 Å². The lowest BCUT2D eigenvalue weighted by Crippen LogP contribution is -2.36. The maximum atomic E-state index is 11.8. The number of ether oxygens (including phenoxy) is 1. The summed E-state index contributed by atoms with van der Waals surface area (Å²) in [5, 5.41) is 3.40. The highest BCUT2D eigenvalue weighted by molar-refractivity contribution is 5.74. The second kappa shape index (κ2) is 5.17. The summed E-state index contributed by atoms with van der Waals surface area (Å²) in [6, 6.07) is 0. The molecule has 16 heavy (non-hydrogen) atoms. The van der Waals surface area contributed by atoms with Gasteiger partial charge in [-0.1, -0.05) is 32.1 Å². The van der Waals surface area contributed by atoms with Gasteiger partial charge in [-0.25, -0.2) is 0 Å². The molecule has 2 fully saturated rings. The van der Waals surface area contributed by atoms with Crippen molar-refractivity contribution in [2.75, 3.05) is 20.2 Å². The molecular weight excluding hydrogens is 202 g/mol. The average Bonchev–Trinajstić information content (AvgIpc) is 2.67. The van der Waals surface area contributed by atoms with Crippen molar-refractivity contribution in [2.45, 2.75) is 44.9 Å². The van der Waals surface area contributed by atoms with Crippen molar-refractivity contribution in [1.29, 1.82) is 0 Å². The molecule has 0 radical (unpaired) electrons. The molecule has 1 N–H and O–H groups in total. The van der Waals surface area contributed by atoms with Gasteiger partial charge in [-0.05, 0) is 18.3 Å². The molecule has 0 bridgehead atoms. The second-order valence-corrected chi connectivity index (χ2v) is 5.34. The normalized spacial score (nSPS) is 29.7. The van der Waals surface area contributed by atoms with Gasteiger partial charge in [-0.2, -0.15) is 0 Å². The van der Waals surface area contributed by atoms with Gasteiger partial charge < -0.3 is 10.1 Å². The summed E-state index contributed by atoms with van der Waals surface area (Å²) in [6.07, 6.45) is 8.96. The zero-order valence-corrected chi connectivity index (χ0v) is 10.3. The van der Waals surface area contributed by atoms with E-state index in [1.807, 2.05) is 0 Å². The van der Waals surface area contributed by atoms with E-state index in [1.165, 1.54) is 52.1 Å². The maximum Gasteiger partial charge on any atom is 0.310 e. The van der Waals surface area contributed by atoms with Gasteiger partial charge in [0.25, 0.3) is 0 Å². The van der Waals surface area contributed by atoms with Crippen molar-refractivity contribution >= 4 is 5.97 Å². The molecule has 1 saturated carbocycles. The molecule has 1 unspecified atom stereocenters. The molecule has 2 rings (SSSR count). The molecule has 0 amide bonds. The largest absolute Gasteiger partial charge is 0.469 e. The number of hydrogen-bond acceptors (Lipinski definition) is 3. The summed E-state index contributed by atoms with van der Waals surface area (Å²) in [4.78, 5) is 11.8. The number of methoxy groups -OCH3 is 1. The lowest BCUT2D eigenvalue weighted by molar-refractivity contribution is -0.149. The van der Waals surface area contributed by atoms with Crippen molar-refractivity contribution in [3.63, 3.8) is 0 Å². The minimum Gasteiger partial charge on any atom is -0.469 e. The van der Waals surface area contributed by atoms with Crippen LogP contribution in [0.1, 0.15) is 44.9 Å². The standard InChI is InChI=1S/C13H23NO2/c1-16-12(15)11-9-14-10-13(11)7-5-3-2-4-6-8-13/h11,14H,2-10H2,1H3. The molecule has 1 atom stereocenters. The van der Waals surface area contributed by atoms with Crippen LogP contribution in [0.2, 0.25) is 0 Å². The highest BCUT2D eigenvalue weighted by Gasteiger charge is 2.46. The van der Waals surface area contributed by atoms with Crippen LogP contribution >= 0.6 is 0 Å². The highest BCUT2D eigenvalue weighted by Crippen LogP contribution is 2.43. The Balaban J connectivity index is 2.09. The Labute approximate surface area is 97.9 Å². The summed E-state index contributed by atoms with van der Waals surface area (Å²) < 4.78 is 4.95. The first kappa shape index (κ1) is 11.9. The number of carbonyl (C=O) groups excluding carboxylic acids is 1. The number of rotatable bonds is 1. The van der Waals surface area contributed by atoms with E-state index in [4.69, 9.17) is 4.74 Å². The molecule has 1 spiro atoms. The topological polar surface area (TPSA) is 38.3 Å². The number of nitrogens with one attached hydrogen (secondary N) is 1. The fraction of sp³-hybridized carbons (Fsp3) is 0.923. The van der Waals surface area contributed by atoms with Crippen molar-refractivity contribution in [3.05, 3.63) is 0 Å². The number of hydrogen-bond donors (Lipinski definition) is 1. The van der Waals surface area contributed by atoms with Crippen LogP contribution in [-0.4, -0.2) is 26.2 Å². The lowest BCUT2D eigenvalue weighted by Gasteiger charge is -2.34. The van der Waals surface area contributed by atoms with Crippen LogP contribution in [0, 0.1) is 11.3 Å². The minimum atomic E-state index is -0.00873. The predicted octanol–water partition coefficient (Wildman–Crippen LogP) is 2.11. The lowest BCUT2D eigenvalue weighted by atomic mass is 9.69. The molecule has 1 aliphatic heterocycles. The monoisotopic (exact) mass is 225 g/mol. The van der Waals surface area contributed by atoms with E-state index in [0.29, 0.717) is 0 Å². The van der Waals surface area contributed by atoms with Crippen LogP contribution in [0.25, 0.3) is 0 Å². The van der Waals surface area contributed by atoms with Gasteiger partial charge in [0.2, 0.25) is 0 Å². The molecule has 3 nitrogen and oxygen atoms in total. The molecule has 3 heteroatoms. The van der Waals surface area contributed by atoms with E-state index >= 15 is 0 Å². The molecule has 2 aliphatic rings. The van der Waals surface area contributed by atoms with Gasteiger partial charge in [0.05, 0.1) is 13.0 Å². The Bertz CT molecular complexity index is 244. The quantitative estimate of drug-likeness (QED) is 0.695. The Morgan fingerprint density at radius 2 is 1.81 bits per heavy atom. The molecule has 0 aromatic heterocycles. The van der Waals surface area contributed by atoms with Gasteiger partial charge in [0.1, 0.15) is 0 Å². The first-order valence-electron chi connectivity index (χ1n) is 6.57. The van der Waals surface area contributed by atoms with Crippen LogP contribution in [-0.2, 0) is 9.53 Å². The predicted molar refractivity (Wildman–Crippen MR) is 63.1 cm³/mol. The smallest absolute Gasteiger partial charge is 0.310 e. The SMILES string of the molecule is COC(=O)C1CNCC12CCCCCCC2. The Kier molecular flexibility index (Phi) is 3.85. The Hall–Kier alpha value is -0.570. The summed E-state index contributed by atoms with van der Waals surface area (Å²) in [5.74, 6) is 0.0844. The van der Waals surface area contributed by atoms with Crippen LogP contribution in [0.3, 0.4) is 0 Å². The van der Waals surface area contributed by atoms with Gasteiger partial charge in [-0.15, -0.1) is 0 Å².